The number of nitrogens with one attached hydrogen (secondary N) is 2. The average Bonchev–Trinajstić information content (AvgIpc) is 3.03. The molecule has 0 saturated heterocycles. The number of aliphatic hydroxyl groups is 1. The van der Waals surface area contributed by atoms with Gasteiger partial charge in [-0.2, -0.15) is 0 Å². The summed E-state index contributed by atoms with van der Waals surface area (Å²) in [6.07, 6.45) is 6.41. The van der Waals surface area contributed by atoms with Gasteiger partial charge in [0.05, 0.1) is 0 Å². The van der Waals surface area contributed by atoms with E-state index in [0.717, 1.165) is 31.5 Å². The maximum absolute atomic E-state index is 11.9. The van der Waals surface area contributed by atoms with Crippen LogP contribution < -0.4 is 10.6 Å². The first kappa shape index (κ1) is 14.3. The van der Waals surface area contributed by atoms with Crippen LogP contribution in [0.1, 0.15) is 56.1 Å². The van der Waals surface area contributed by atoms with Crippen LogP contribution in [0.2, 0.25) is 0 Å². The van der Waals surface area contributed by atoms with E-state index in [0.29, 0.717) is 17.8 Å². The molecule has 0 bridgehead atoms. The van der Waals surface area contributed by atoms with Crippen LogP contribution >= 0.6 is 0 Å². The van der Waals surface area contributed by atoms with Crippen LogP contribution in [0.4, 0.5) is 4.79 Å². The predicted octanol–water partition coefficient (Wildman–Crippen LogP) is 0.795. The van der Waals surface area contributed by atoms with Gasteiger partial charge >= 0.3 is 6.03 Å². The average molecular weight is 293 g/mol. The van der Waals surface area contributed by atoms with Crippen molar-refractivity contribution in [1.29, 1.82) is 0 Å². The van der Waals surface area contributed by atoms with Crippen molar-refractivity contribution in [2.75, 3.05) is 0 Å². The SMILES string of the molecule is Cn1c(CO)nnc1C1CC(NC(=O)NC2CCCC2)C1. The van der Waals surface area contributed by atoms with Crippen LogP contribution in [0.15, 0.2) is 0 Å². The van der Waals surface area contributed by atoms with Crippen molar-refractivity contribution in [2.45, 2.75) is 63.1 Å². The quantitative estimate of drug-likeness (QED) is 0.765. The molecule has 3 rings (SSSR count). The highest BCUT2D eigenvalue weighted by Crippen LogP contribution is 2.35. The molecule has 2 aliphatic carbocycles. The lowest BCUT2D eigenvalue weighted by Gasteiger charge is -2.35. The molecule has 2 aliphatic rings. The second-order valence-corrected chi connectivity index (χ2v) is 6.16. The number of aromatic nitrogens is 3. The van der Waals surface area contributed by atoms with Crippen molar-refractivity contribution < 1.29 is 9.90 Å². The standard InChI is InChI=1S/C14H23N5O2/c1-19-12(8-20)17-18-13(19)9-6-11(7-9)16-14(21)15-10-4-2-3-5-10/h9-11,20H,2-8H2,1H3,(H2,15,16,21). The smallest absolute Gasteiger partial charge is 0.315 e. The summed E-state index contributed by atoms with van der Waals surface area (Å²) in [5, 5.41) is 23.3. The van der Waals surface area contributed by atoms with Gasteiger partial charge in [0.25, 0.3) is 0 Å². The molecule has 0 aromatic carbocycles. The largest absolute Gasteiger partial charge is 0.388 e. The van der Waals surface area contributed by atoms with Gasteiger partial charge < -0.3 is 20.3 Å². The predicted molar refractivity (Wildman–Crippen MR) is 76.6 cm³/mol. The zero-order valence-electron chi connectivity index (χ0n) is 12.4. The molecule has 2 fully saturated rings. The van der Waals surface area contributed by atoms with Gasteiger partial charge in [0, 0.05) is 25.0 Å². The van der Waals surface area contributed by atoms with Gasteiger partial charge in [-0.3, -0.25) is 0 Å². The number of amides is 2. The molecule has 1 aromatic rings. The number of carbonyl (C=O) groups excluding carboxylic acids is 1. The first-order valence-corrected chi connectivity index (χ1v) is 7.73. The maximum atomic E-state index is 11.9. The second-order valence-electron chi connectivity index (χ2n) is 6.16. The number of carbonyl (C=O) groups is 1. The van der Waals surface area contributed by atoms with E-state index in [9.17, 15) is 4.79 Å². The highest BCUT2D eigenvalue weighted by atomic mass is 16.3. The molecule has 0 unspecified atom stereocenters. The zero-order chi connectivity index (χ0) is 14.8. The van der Waals surface area contributed by atoms with E-state index >= 15 is 0 Å². The van der Waals surface area contributed by atoms with Gasteiger partial charge in [0.1, 0.15) is 12.4 Å². The number of aliphatic hydroxyl groups excluding tert-OH is 1. The number of nitrogens with zero attached hydrogens (tertiary/aromatic N) is 3. The Hall–Kier alpha value is -1.63. The Labute approximate surface area is 124 Å². The van der Waals surface area contributed by atoms with E-state index in [1.165, 1.54) is 12.8 Å². The third kappa shape index (κ3) is 3.02. The molecule has 1 aromatic heterocycles. The summed E-state index contributed by atoms with van der Waals surface area (Å²) >= 11 is 0. The van der Waals surface area contributed by atoms with Crippen molar-refractivity contribution in [2.24, 2.45) is 7.05 Å². The van der Waals surface area contributed by atoms with E-state index in [1.54, 1.807) is 0 Å². The fraction of sp³-hybridized carbons (Fsp3) is 0.786. The lowest BCUT2D eigenvalue weighted by atomic mass is 9.79. The van der Waals surface area contributed by atoms with Crippen molar-refractivity contribution in [3.8, 4) is 0 Å². The number of urea groups is 1. The summed E-state index contributed by atoms with van der Waals surface area (Å²) in [5.41, 5.74) is 0. The number of hydrogen-bond acceptors (Lipinski definition) is 4. The zero-order valence-corrected chi connectivity index (χ0v) is 12.4. The Kier molecular flexibility index (Phi) is 4.10. The summed E-state index contributed by atoms with van der Waals surface area (Å²) in [6.45, 7) is -0.0955. The molecular formula is C14H23N5O2. The summed E-state index contributed by atoms with van der Waals surface area (Å²) in [4.78, 5) is 11.9. The van der Waals surface area contributed by atoms with Crippen molar-refractivity contribution >= 4 is 6.03 Å². The Morgan fingerprint density at radius 3 is 2.52 bits per heavy atom. The molecule has 1 heterocycles. The molecule has 0 aliphatic heterocycles. The fourth-order valence-electron chi connectivity index (χ4n) is 3.30. The van der Waals surface area contributed by atoms with E-state index in [4.69, 9.17) is 5.11 Å². The van der Waals surface area contributed by atoms with E-state index in [1.807, 2.05) is 11.6 Å². The molecule has 0 atom stereocenters. The fourth-order valence-corrected chi connectivity index (χ4v) is 3.30. The maximum Gasteiger partial charge on any atom is 0.315 e. The van der Waals surface area contributed by atoms with Crippen LogP contribution in [-0.2, 0) is 13.7 Å². The van der Waals surface area contributed by atoms with Crippen LogP contribution in [-0.4, -0.2) is 38.0 Å². The minimum Gasteiger partial charge on any atom is -0.388 e. The lowest BCUT2D eigenvalue weighted by Crippen LogP contribution is -2.50. The van der Waals surface area contributed by atoms with Gasteiger partial charge in [-0.15, -0.1) is 10.2 Å². The van der Waals surface area contributed by atoms with Crippen molar-refractivity contribution in [3.05, 3.63) is 11.6 Å². The van der Waals surface area contributed by atoms with Crippen LogP contribution in [0, 0.1) is 0 Å². The van der Waals surface area contributed by atoms with Crippen LogP contribution in [0.3, 0.4) is 0 Å². The molecule has 3 N–H and O–H groups in total. The minimum atomic E-state index is -0.0955. The third-order valence-corrected chi connectivity index (χ3v) is 4.67. The molecule has 116 valence electrons. The molecular weight excluding hydrogens is 270 g/mol. The Bertz CT molecular complexity index is 503. The number of rotatable bonds is 4. The molecule has 2 amide bonds. The Morgan fingerprint density at radius 1 is 1.24 bits per heavy atom. The second kappa shape index (κ2) is 6.01. The van der Waals surface area contributed by atoms with Gasteiger partial charge in [-0.1, -0.05) is 12.8 Å². The summed E-state index contributed by atoms with van der Waals surface area (Å²) in [7, 11) is 1.87. The minimum absolute atomic E-state index is 0.0423. The molecule has 0 spiro atoms. The first-order valence-electron chi connectivity index (χ1n) is 7.73. The summed E-state index contributed by atoms with van der Waals surface area (Å²) in [5.74, 6) is 1.80. The highest BCUT2D eigenvalue weighted by molar-refractivity contribution is 5.74. The van der Waals surface area contributed by atoms with Gasteiger partial charge in [0.15, 0.2) is 5.82 Å². The first-order chi connectivity index (χ1) is 10.2. The van der Waals surface area contributed by atoms with Gasteiger partial charge in [0.2, 0.25) is 0 Å². The van der Waals surface area contributed by atoms with Crippen molar-refractivity contribution in [1.82, 2.24) is 25.4 Å². The lowest BCUT2D eigenvalue weighted by molar-refractivity contribution is 0.216. The molecule has 7 heteroatoms. The normalized spacial score (nSPS) is 25.6. The number of hydrogen-bond donors (Lipinski definition) is 3. The van der Waals surface area contributed by atoms with Crippen LogP contribution in [0.25, 0.3) is 0 Å². The van der Waals surface area contributed by atoms with Crippen LogP contribution in [0.5, 0.6) is 0 Å². The summed E-state index contributed by atoms with van der Waals surface area (Å²) < 4.78 is 1.85. The monoisotopic (exact) mass is 293 g/mol. The Morgan fingerprint density at radius 2 is 1.90 bits per heavy atom. The summed E-state index contributed by atoms with van der Waals surface area (Å²) in [6, 6.07) is 0.525. The van der Waals surface area contributed by atoms with E-state index in [-0.39, 0.29) is 18.7 Å². The molecule has 2 saturated carbocycles. The van der Waals surface area contributed by atoms with Gasteiger partial charge in [-0.05, 0) is 25.7 Å². The Balaban J connectivity index is 1.44. The molecule has 21 heavy (non-hydrogen) atoms. The highest BCUT2D eigenvalue weighted by Gasteiger charge is 2.35. The van der Waals surface area contributed by atoms with E-state index in [2.05, 4.69) is 20.8 Å². The van der Waals surface area contributed by atoms with Gasteiger partial charge in [-0.25, -0.2) is 4.79 Å². The molecule has 7 nitrogen and oxygen atoms in total. The topological polar surface area (TPSA) is 92.1 Å². The van der Waals surface area contributed by atoms with Crippen molar-refractivity contribution in [3.63, 3.8) is 0 Å². The molecule has 0 radical (unpaired) electrons. The van der Waals surface area contributed by atoms with E-state index < -0.39 is 0 Å². The third-order valence-electron chi connectivity index (χ3n) is 4.67.